The van der Waals surface area contributed by atoms with Crippen LogP contribution in [-0.2, 0) is 10.9 Å². The fraction of sp³-hybridized carbons (Fsp3) is 0.769. The number of hydrogen-bond donors (Lipinski definition) is 1. The van der Waals surface area contributed by atoms with Crippen LogP contribution in [0.2, 0.25) is 0 Å². The highest BCUT2D eigenvalue weighted by atomic mass is 32.1. The zero-order valence-electron chi connectivity index (χ0n) is 11.4. The van der Waals surface area contributed by atoms with Crippen molar-refractivity contribution < 1.29 is 17.9 Å². The summed E-state index contributed by atoms with van der Waals surface area (Å²) in [6.07, 6.45) is 2.62. The van der Waals surface area contributed by atoms with E-state index in [1.54, 1.807) is 7.11 Å². The number of hydrogen-bond acceptors (Lipinski definition) is 4. The number of methoxy groups -OCH3 is 1. The van der Waals surface area contributed by atoms with Gasteiger partial charge in [0, 0.05) is 18.2 Å². The second kappa shape index (κ2) is 5.99. The maximum Gasteiger partial charge on any atom is 0.443 e. The van der Waals surface area contributed by atoms with Gasteiger partial charge in [0.05, 0.1) is 11.6 Å². The van der Waals surface area contributed by atoms with Crippen LogP contribution in [-0.4, -0.2) is 17.7 Å². The third-order valence-electron chi connectivity index (χ3n) is 4.00. The fourth-order valence-corrected chi connectivity index (χ4v) is 3.68. The Labute approximate surface area is 120 Å². The van der Waals surface area contributed by atoms with Crippen LogP contribution >= 0.6 is 11.3 Å². The highest BCUT2D eigenvalue weighted by Gasteiger charge is 2.41. The van der Waals surface area contributed by atoms with E-state index in [9.17, 15) is 13.2 Å². The van der Waals surface area contributed by atoms with Crippen molar-refractivity contribution in [3.05, 3.63) is 16.1 Å². The molecule has 1 saturated carbocycles. The fourth-order valence-electron chi connectivity index (χ4n) is 2.79. The van der Waals surface area contributed by atoms with Crippen molar-refractivity contribution in [3.63, 3.8) is 0 Å². The smallest absolute Gasteiger partial charge is 0.376 e. The van der Waals surface area contributed by atoms with Gasteiger partial charge in [-0.3, -0.25) is 0 Å². The molecule has 2 N–H and O–H groups in total. The van der Waals surface area contributed by atoms with Crippen LogP contribution in [0.15, 0.2) is 6.20 Å². The Kier molecular flexibility index (Phi) is 4.71. The van der Waals surface area contributed by atoms with E-state index >= 15 is 0 Å². The summed E-state index contributed by atoms with van der Waals surface area (Å²) in [7, 11) is 1.59. The quantitative estimate of drug-likeness (QED) is 0.862. The van der Waals surface area contributed by atoms with E-state index in [1.807, 2.05) is 0 Å². The van der Waals surface area contributed by atoms with Gasteiger partial charge < -0.3 is 10.5 Å². The number of nitrogens with zero attached hydrogens (tertiary/aromatic N) is 1. The van der Waals surface area contributed by atoms with E-state index in [4.69, 9.17) is 10.5 Å². The average Bonchev–Trinajstić information content (AvgIpc) is 2.77. The van der Waals surface area contributed by atoms with Crippen LogP contribution < -0.4 is 5.73 Å². The lowest BCUT2D eigenvalue weighted by molar-refractivity contribution is -0.137. The molecule has 0 radical (unpaired) electrons. The molecule has 0 bridgehead atoms. The molecule has 0 amide bonds. The van der Waals surface area contributed by atoms with Gasteiger partial charge in [-0.15, -0.1) is 11.3 Å². The number of rotatable bonds is 3. The lowest BCUT2D eigenvalue weighted by atomic mass is 9.86. The van der Waals surface area contributed by atoms with E-state index in [0.29, 0.717) is 16.2 Å². The minimum absolute atomic E-state index is 0.445. The summed E-state index contributed by atoms with van der Waals surface area (Å²) in [5.74, 6) is 0. The van der Waals surface area contributed by atoms with E-state index in [2.05, 4.69) is 4.98 Å². The molecule has 2 rings (SSSR count). The first-order valence-corrected chi connectivity index (χ1v) is 7.54. The topological polar surface area (TPSA) is 48.1 Å². The third-order valence-corrected chi connectivity index (χ3v) is 5.12. The van der Waals surface area contributed by atoms with E-state index < -0.39 is 22.8 Å². The molecular formula is C13H19F3N2OS. The summed E-state index contributed by atoms with van der Waals surface area (Å²) >= 11 is 0.621. The first-order valence-electron chi connectivity index (χ1n) is 6.73. The number of nitrogens with two attached hydrogens (primary N) is 1. The van der Waals surface area contributed by atoms with Crippen molar-refractivity contribution in [3.8, 4) is 0 Å². The standard InChI is InChI=1S/C13H19F3N2OS/c1-19-12(6-4-2-3-5-7-12)10(17)9-8-18-11(20-9)13(14,15)16/h8,10H,2-7,17H2,1H3. The summed E-state index contributed by atoms with van der Waals surface area (Å²) in [6.45, 7) is 0. The Morgan fingerprint density at radius 1 is 1.30 bits per heavy atom. The van der Waals surface area contributed by atoms with Crippen molar-refractivity contribution in [2.45, 2.75) is 56.3 Å². The van der Waals surface area contributed by atoms with Gasteiger partial charge in [0.25, 0.3) is 0 Å². The molecule has 7 heteroatoms. The van der Waals surface area contributed by atoms with Crippen LogP contribution in [0.4, 0.5) is 13.2 Å². The predicted molar refractivity (Wildman–Crippen MR) is 71.5 cm³/mol. The number of thiazole rings is 1. The van der Waals surface area contributed by atoms with Crippen molar-refractivity contribution in [2.75, 3.05) is 7.11 Å². The van der Waals surface area contributed by atoms with Crippen LogP contribution in [0, 0.1) is 0 Å². The second-order valence-corrected chi connectivity index (χ2v) is 6.29. The van der Waals surface area contributed by atoms with Gasteiger partial charge in [-0.05, 0) is 12.8 Å². The molecule has 0 saturated heterocycles. The molecule has 1 heterocycles. The summed E-state index contributed by atoms with van der Waals surface area (Å²) in [5, 5.41) is -0.845. The Morgan fingerprint density at radius 2 is 1.90 bits per heavy atom. The van der Waals surface area contributed by atoms with E-state index in [0.717, 1.165) is 38.5 Å². The molecule has 0 spiro atoms. The Balaban J connectivity index is 2.23. The number of ether oxygens (including phenoxy) is 1. The van der Waals surface area contributed by atoms with Crippen LogP contribution in [0.5, 0.6) is 0 Å². The molecular weight excluding hydrogens is 289 g/mol. The molecule has 1 unspecified atom stereocenters. The van der Waals surface area contributed by atoms with Gasteiger partial charge >= 0.3 is 6.18 Å². The van der Waals surface area contributed by atoms with Gasteiger partial charge in [0.2, 0.25) is 0 Å². The van der Waals surface area contributed by atoms with Gasteiger partial charge in [0.15, 0.2) is 5.01 Å². The monoisotopic (exact) mass is 308 g/mol. The van der Waals surface area contributed by atoms with Gasteiger partial charge in [-0.2, -0.15) is 13.2 Å². The number of halogens is 3. The molecule has 114 valence electrons. The minimum Gasteiger partial charge on any atom is -0.376 e. The molecule has 3 nitrogen and oxygen atoms in total. The molecule has 1 aliphatic rings. The van der Waals surface area contributed by atoms with Crippen LogP contribution in [0.1, 0.15) is 54.5 Å². The maximum atomic E-state index is 12.6. The molecule has 1 aliphatic carbocycles. The maximum absolute atomic E-state index is 12.6. The summed E-state index contributed by atoms with van der Waals surface area (Å²) in [6, 6.07) is -0.556. The Hall–Kier alpha value is -0.660. The molecule has 1 atom stereocenters. The SMILES string of the molecule is COC1(C(N)c2cnc(C(F)(F)F)s2)CCCCCC1. The van der Waals surface area contributed by atoms with Gasteiger partial charge in [0.1, 0.15) is 0 Å². The minimum atomic E-state index is -4.41. The largest absolute Gasteiger partial charge is 0.443 e. The van der Waals surface area contributed by atoms with Gasteiger partial charge in [-0.25, -0.2) is 4.98 Å². The molecule has 20 heavy (non-hydrogen) atoms. The first kappa shape index (κ1) is 15.7. The van der Waals surface area contributed by atoms with Crippen molar-refractivity contribution >= 4 is 11.3 Å². The first-order chi connectivity index (χ1) is 9.39. The predicted octanol–water partition coefficient (Wildman–Crippen LogP) is 3.90. The lowest BCUT2D eigenvalue weighted by Crippen LogP contribution is -2.42. The summed E-state index contributed by atoms with van der Waals surface area (Å²) in [4.78, 5) is 3.90. The zero-order chi connectivity index (χ0) is 14.8. The third kappa shape index (κ3) is 3.15. The second-order valence-electron chi connectivity index (χ2n) is 5.23. The summed E-state index contributed by atoms with van der Waals surface area (Å²) < 4.78 is 43.5. The van der Waals surface area contributed by atoms with Crippen LogP contribution in [0.25, 0.3) is 0 Å². The molecule has 1 aromatic heterocycles. The highest BCUT2D eigenvalue weighted by molar-refractivity contribution is 7.11. The van der Waals surface area contributed by atoms with Crippen LogP contribution in [0.3, 0.4) is 0 Å². The van der Waals surface area contributed by atoms with E-state index in [1.165, 1.54) is 6.20 Å². The molecule has 0 aliphatic heterocycles. The number of aromatic nitrogens is 1. The zero-order valence-corrected chi connectivity index (χ0v) is 12.2. The molecule has 1 aromatic rings. The Bertz CT molecular complexity index is 439. The lowest BCUT2D eigenvalue weighted by Gasteiger charge is -2.36. The molecule has 1 fully saturated rings. The highest BCUT2D eigenvalue weighted by Crippen LogP contribution is 2.42. The normalized spacial score (nSPS) is 21.4. The van der Waals surface area contributed by atoms with Gasteiger partial charge in [-0.1, -0.05) is 25.7 Å². The summed E-state index contributed by atoms with van der Waals surface area (Å²) in [5.41, 5.74) is 5.66. The van der Waals surface area contributed by atoms with Crippen molar-refractivity contribution in [1.29, 1.82) is 0 Å². The van der Waals surface area contributed by atoms with Crippen molar-refractivity contribution in [1.82, 2.24) is 4.98 Å². The Morgan fingerprint density at radius 3 is 2.35 bits per heavy atom. The molecule has 0 aromatic carbocycles. The number of alkyl halides is 3. The average molecular weight is 308 g/mol. The van der Waals surface area contributed by atoms with E-state index in [-0.39, 0.29) is 0 Å². The van der Waals surface area contributed by atoms with Crippen molar-refractivity contribution in [2.24, 2.45) is 5.73 Å².